The minimum atomic E-state index is 0.232. The first kappa shape index (κ1) is 27.4. The third-order valence-corrected chi connectivity index (χ3v) is 11.4. The van der Waals surface area contributed by atoms with Crippen molar-refractivity contribution < 1.29 is 0 Å². The maximum atomic E-state index is 2.39. The highest BCUT2D eigenvalue weighted by molar-refractivity contribution is 7.25. The molecule has 0 saturated carbocycles. The predicted molar refractivity (Wildman–Crippen MR) is 206 cm³/mol. The topological polar surface area (TPSA) is 3.24 Å². The summed E-state index contributed by atoms with van der Waals surface area (Å²) in [5, 5.41) is 7.94. The molecule has 1 unspecified atom stereocenters. The van der Waals surface area contributed by atoms with E-state index in [0.717, 1.165) is 17.8 Å². The van der Waals surface area contributed by atoms with Crippen molar-refractivity contribution in [2.75, 3.05) is 4.90 Å². The molecule has 1 aliphatic carbocycles. The van der Waals surface area contributed by atoms with Crippen LogP contribution in [0.4, 0.5) is 17.1 Å². The Balaban J connectivity index is 1.13. The van der Waals surface area contributed by atoms with Crippen LogP contribution in [-0.4, -0.2) is 0 Å². The molecular weight excluding hydrogens is 599 g/mol. The third kappa shape index (κ3) is 4.30. The van der Waals surface area contributed by atoms with E-state index in [0.29, 0.717) is 0 Å². The summed E-state index contributed by atoms with van der Waals surface area (Å²) >= 11 is 1.86. The Morgan fingerprint density at radius 1 is 0.479 bits per heavy atom. The number of para-hydroxylation sites is 1. The molecule has 10 rings (SSSR count). The van der Waals surface area contributed by atoms with Crippen LogP contribution < -0.4 is 4.90 Å². The number of benzene rings is 8. The lowest BCUT2D eigenvalue weighted by Crippen LogP contribution is -2.10. The molecule has 0 fully saturated rings. The largest absolute Gasteiger partial charge is 0.310 e. The van der Waals surface area contributed by atoms with Gasteiger partial charge in [0.05, 0.1) is 0 Å². The second-order valence-corrected chi connectivity index (χ2v) is 14.0. The van der Waals surface area contributed by atoms with Crippen molar-refractivity contribution in [2.45, 2.75) is 12.3 Å². The molecule has 48 heavy (non-hydrogen) atoms. The monoisotopic (exact) mass is 629 g/mol. The van der Waals surface area contributed by atoms with Crippen molar-refractivity contribution >= 4 is 70.1 Å². The molecule has 2 heteroatoms. The highest BCUT2D eigenvalue weighted by atomic mass is 32.1. The Morgan fingerprint density at radius 3 is 2.04 bits per heavy atom. The number of rotatable bonds is 4. The summed E-state index contributed by atoms with van der Waals surface area (Å²) < 4.78 is 2.65. The van der Waals surface area contributed by atoms with E-state index in [1.165, 1.54) is 75.2 Å². The van der Waals surface area contributed by atoms with Crippen LogP contribution in [0.15, 0.2) is 170 Å². The number of anilines is 3. The summed E-state index contributed by atoms with van der Waals surface area (Å²) in [6, 6.07) is 62.9. The van der Waals surface area contributed by atoms with Gasteiger partial charge in [0.25, 0.3) is 0 Å². The first-order valence-electron chi connectivity index (χ1n) is 16.7. The van der Waals surface area contributed by atoms with Gasteiger partial charge in [-0.25, -0.2) is 0 Å². The lowest BCUT2D eigenvalue weighted by atomic mass is 9.83. The highest BCUT2D eigenvalue weighted by Crippen LogP contribution is 2.47. The van der Waals surface area contributed by atoms with Crippen molar-refractivity contribution in [3.63, 3.8) is 0 Å². The molecule has 0 bridgehead atoms. The summed E-state index contributed by atoms with van der Waals surface area (Å²) in [6.07, 6.45) is 0.962. The van der Waals surface area contributed by atoms with Crippen LogP contribution in [-0.2, 0) is 6.42 Å². The van der Waals surface area contributed by atoms with Crippen molar-refractivity contribution in [1.82, 2.24) is 0 Å². The molecule has 0 spiro atoms. The molecule has 0 saturated heterocycles. The van der Waals surface area contributed by atoms with Crippen molar-refractivity contribution in [1.29, 1.82) is 0 Å². The fourth-order valence-electron chi connectivity index (χ4n) is 8.04. The molecule has 226 valence electrons. The van der Waals surface area contributed by atoms with Crippen LogP contribution in [0.1, 0.15) is 22.6 Å². The maximum Gasteiger partial charge on any atom is 0.0468 e. The number of thiophene rings is 1. The van der Waals surface area contributed by atoms with E-state index in [2.05, 4.69) is 175 Å². The van der Waals surface area contributed by atoms with Gasteiger partial charge in [-0.3, -0.25) is 0 Å². The zero-order valence-corrected chi connectivity index (χ0v) is 27.1. The standard InChI is InChI=1S/C46H31NS/c1-2-14-34(15-3-1)47(36-25-27-44-42(29-36)38-17-6-7-19-43(38)48-44)35-23-20-31(21-24-35)41-28-33-13-8-11-32-12-9-18-40(45(32)33)46-37-16-5-4-10-30(37)22-26-39(41)46/h1-27,29,41H,28H2. The van der Waals surface area contributed by atoms with E-state index in [-0.39, 0.29) is 5.92 Å². The minimum absolute atomic E-state index is 0.232. The Morgan fingerprint density at radius 2 is 1.17 bits per heavy atom. The molecule has 1 aromatic heterocycles. The Bertz CT molecular complexity index is 2640. The van der Waals surface area contributed by atoms with E-state index in [1.54, 1.807) is 0 Å². The van der Waals surface area contributed by atoms with E-state index in [9.17, 15) is 0 Å². The van der Waals surface area contributed by atoms with Crippen molar-refractivity contribution in [2.24, 2.45) is 0 Å². The van der Waals surface area contributed by atoms with E-state index < -0.39 is 0 Å². The highest BCUT2D eigenvalue weighted by Gasteiger charge is 2.27. The molecule has 1 heterocycles. The van der Waals surface area contributed by atoms with Crippen LogP contribution in [0.2, 0.25) is 0 Å². The van der Waals surface area contributed by atoms with Crippen LogP contribution in [0.5, 0.6) is 0 Å². The lowest BCUT2D eigenvalue weighted by Gasteiger charge is -2.27. The molecule has 0 radical (unpaired) electrons. The first-order valence-corrected chi connectivity index (χ1v) is 17.5. The van der Waals surface area contributed by atoms with Gasteiger partial charge in [0.15, 0.2) is 0 Å². The number of fused-ring (bicyclic) bond motifs is 7. The molecular formula is C46H31NS. The summed E-state index contributed by atoms with van der Waals surface area (Å²) in [7, 11) is 0. The van der Waals surface area contributed by atoms with Gasteiger partial charge in [-0.15, -0.1) is 11.3 Å². The zero-order chi connectivity index (χ0) is 31.6. The summed E-state index contributed by atoms with van der Waals surface area (Å²) in [5.41, 5.74) is 10.4. The number of hydrogen-bond donors (Lipinski definition) is 0. The fraction of sp³-hybridized carbons (Fsp3) is 0.0435. The Labute approximate surface area is 284 Å². The zero-order valence-electron chi connectivity index (χ0n) is 26.3. The molecule has 0 N–H and O–H groups in total. The Hall–Kier alpha value is -5.70. The third-order valence-electron chi connectivity index (χ3n) is 10.2. The van der Waals surface area contributed by atoms with Gasteiger partial charge in [0.1, 0.15) is 0 Å². The van der Waals surface area contributed by atoms with Crippen molar-refractivity contribution in [3.05, 3.63) is 187 Å². The molecule has 0 amide bonds. The molecule has 1 aliphatic rings. The average Bonchev–Trinajstić information content (AvgIpc) is 3.45. The van der Waals surface area contributed by atoms with Gasteiger partial charge in [0, 0.05) is 43.2 Å². The average molecular weight is 630 g/mol. The smallest absolute Gasteiger partial charge is 0.0468 e. The maximum absolute atomic E-state index is 2.39. The Kier molecular flexibility index (Phi) is 6.25. The predicted octanol–water partition coefficient (Wildman–Crippen LogP) is 13.2. The van der Waals surface area contributed by atoms with Crippen LogP contribution in [0.25, 0.3) is 52.8 Å². The number of hydrogen-bond acceptors (Lipinski definition) is 2. The van der Waals surface area contributed by atoms with E-state index in [1.807, 2.05) is 11.3 Å². The van der Waals surface area contributed by atoms with Crippen LogP contribution in [0, 0.1) is 0 Å². The van der Waals surface area contributed by atoms with E-state index >= 15 is 0 Å². The fourth-order valence-corrected chi connectivity index (χ4v) is 9.12. The summed E-state index contributed by atoms with van der Waals surface area (Å²) in [5.74, 6) is 0.232. The van der Waals surface area contributed by atoms with Gasteiger partial charge in [-0.05, 0) is 104 Å². The quantitative estimate of drug-likeness (QED) is 0.187. The molecule has 1 atom stereocenters. The van der Waals surface area contributed by atoms with Crippen molar-refractivity contribution in [3.8, 4) is 11.1 Å². The van der Waals surface area contributed by atoms with Gasteiger partial charge in [-0.1, -0.05) is 121 Å². The van der Waals surface area contributed by atoms with E-state index in [4.69, 9.17) is 0 Å². The molecule has 8 aromatic carbocycles. The molecule has 1 nitrogen and oxygen atoms in total. The first-order chi connectivity index (χ1) is 23.8. The second-order valence-electron chi connectivity index (χ2n) is 12.9. The SMILES string of the molecule is c1ccc(N(c2ccc(C3Cc4cccc5cccc(c45)-c4c3ccc3ccccc43)cc2)c2ccc3sc4ccccc4c3c2)cc1. The lowest BCUT2D eigenvalue weighted by molar-refractivity contribution is 0.817. The van der Waals surface area contributed by atoms with Gasteiger partial charge in [-0.2, -0.15) is 0 Å². The normalized spacial score (nSPS) is 14.0. The molecule has 9 aromatic rings. The second kappa shape index (κ2) is 10.9. The van der Waals surface area contributed by atoms with Gasteiger partial charge >= 0.3 is 0 Å². The van der Waals surface area contributed by atoms with Gasteiger partial charge in [0.2, 0.25) is 0 Å². The summed E-state index contributed by atoms with van der Waals surface area (Å²) in [6.45, 7) is 0. The number of nitrogens with zero attached hydrogens (tertiary/aromatic N) is 1. The molecule has 0 aliphatic heterocycles. The van der Waals surface area contributed by atoms with Crippen LogP contribution in [0.3, 0.4) is 0 Å². The minimum Gasteiger partial charge on any atom is -0.310 e. The van der Waals surface area contributed by atoms with Gasteiger partial charge < -0.3 is 4.90 Å². The van der Waals surface area contributed by atoms with Crippen LogP contribution >= 0.6 is 11.3 Å². The summed E-state index contributed by atoms with van der Waals surface area (Å²) in [4.78, 5) is 2.39.